The van der Waals surface area contributed by atoms with E-state index in [9.17, 15) is 0 Å². The molecule has 3 heteroatoms. The van der Waals surface area contributed by atoms with E-state index in [1.165, 1.54) is 49.7 Å². The average Bonchev–Trinajstić information content (AvgIpc) is 2.73. The van der Waals surface area contributed by atoms with Crippen LogP contribution in [0.2, 0.25) is 5.02 Å². The van der Waals surface area contributed by atoms with Crippen LogP contribution in [-0.4, -0.2) is 19.2 Å². The summed E-state index contributed by atoms with van der Waals surface area (Å²) in [5, 5.41) is 4.89. The van der Waals surface area contributed by atoms with Crippen LogP contribution in [0.1, 0.15) is 63.5 Å². The Labute approximate surface area is 192 Å². The molecule has 4 aliphatic carbocycles. The van der Waals surface area contributed by atoms with E-state index in [2.05, 4.69) is 67.7 Å². The molecule has 31 heavy (non-hydrogen) atoms. The maximum absolute atomic E-state index is 6.22. The molecule has 6 rings (SSSR count). The minimum atomic E-state index is 0.358. The third-order valence-electron chi connectivity index (χ3n) is 8.73. The molecule has 0 heterocycles. The molecule has 4 atom stereocenters. The molecule has 0 unspecified atom stereocenters. The zero-order valence-corrected chi connectivity index (χ0v) is 19.9. The zero-order valence-electron chi connectivity index (χ0n) is 19.2. The molecule has 0 amide bonds. The van der Waals surface area contributed by atoms with Crippen molar-refractivity contribution in [3.05, 3.63) is 64.7 Å². The molecule has 0 aliphatic heterocycles. The van der Waals surface area contributed by atoms with Gasteiger partial charge in [-0.2, -0.15) is 0 Å². The summed E-state index contributed by atoms with van der Waals surface area (Å²) in [7, 11) is 1.77. The SMILES string of the molecule is COc1ccccc1C[C@@H](C)N[C@H](C)C12C[C@H]3C[C@@H](CC(c4ccc(Cl)cc4)(C3)C1)C2. The zero-order chi connectivity index (χ0) is 21.6. The third kappa shape index (κ3) is 3.91. The molecule has 0 spiro atoms. The summed E-state index contributed by atoms with van der Waals surface area (Å²) in [6.45, 7) is 4.79. The van der Waals surface area contributed by atoms with Crippen molar-refractivity contribution in [2.45, 2.75) is 76.3 Å². The molecule has 0 aromatic heterocycles. The second-order valence-corrected chi connectivity index (χ2v) is 11.4. The number of benzene rings is 2. The van der Waals surface area contributed by atoms with Crippen LogP contribution in [0.4, 0.5) is 0 Å². The van der Waals surface area contributed by atoms with Gasteiger partial charge in [-0.1, -0.05) is 41.9 Å². The molecule has 4 bridgehead atoms. The molecule has 4 fully saturated rings. The van der Waals surface area contributed by atoms with Crippen LogP contribution in [0, 0.1) is 17.3 Å². The molecule has 2 aromatic rings. The van der Waals surface area contributed by atoms with E-state index in [1.807, 2.05) is 0 Å². The van der Waals surface area contributed by atoms with Gasteiger partial charge in [-0.05, 0) is 111 Å². The summed E-state index contributed by atoms with van der Waals surface area (Å²) in [6, 6.07) is 18.2. The predicted octanol–water partition coefficient (Wildman–Crippen LogP) is 6.80. The summed E-state index contributed by atoms with van der Waals surface area (Å²) in [4.78, 5) is 0. The average molecular weight is 438 g/mol. The number of hydrogen-bond donors (Lipinski definition) is 1. The summed E-state index contributed by atoms with van der Waals surface area (Å²) >= 11 is 6.22. The Hall–Kier alpha value is -1.51. The number of nitrogens with one attached hydrogen (secondary N) is 1. The lowest BCUT2D eigenvalue weighted by atomic mass is 9.41. The molecule has 4 saturated carbocycles. The number of halogens is 1. The quantitative estimate of drug-likeness (QED) is 0.514. The number of rotatable bonds is 7. The van der Waals surface area contributed by atoms with E-state index in [-0.39, 0.29) is 0 Å². The van der Waals surface area contributed by atoms with E-state index in [0.29, 0.717) is 22.9 Å². The smallest absolute Gasteiger partial charge is 0.122 e. The summed E-state index contributed by atoms with van der Waals surface area (Å²) < 4.78 is 5.58. The van der Waals surface area contributed by atoms with Gasteiger partial charge in [-0.15, -0.1) is 0 Å². The van der Waals surface area contributed by atoms with E-state index >= 15 is 0 Å². The van der Waals surface area contributed by atoms with Crippen molar-refractivity contribution in [3.63, 3.8) is 0 Å². The first kappa shape index (κ1) is 21.3. The van der Waals surface area contributed by atoms with Gasteiger partial charge in [0, 0.05) is 17.1 Å². The lowest BCUT2D eigenvalue weighted by molar-refractivity contribution is -0.0893. The molecule has 1 N–H and O–H groups in total. The highest BCUT2D eigenvalue weighted by Crippen LogP contribution is 2.66. The monoisotopic (exact) mass is 437 g/mol. The van der Waals surface area contributed by atoms with E-state index < -0.39 is 0 Å². The van der Waals surface area contributed by atoms with Crippen molar-refractivity contribution in [1.29, 1.82) is 0 Å². The third-order valence-corrected chi connectivity index (χ3v) is 8.99. The van der Waals surface area contributed by atoms with Crippen LogP contribution in [0.25, 0.3) is 0 Å². The standard InChI is InChI=1S/C28H36ClNO/c1-19(12-23-6-4-5-7-26(23)31-3)30-20(2)27-14-21-13-22(15-27)17-28(16-21,18-27)24-8-10-25(29)11-9-24/h4-11,19-22,30H,12-18H2,1-3H3/t19-,20-,21-,22-,27?,28?/m1/s1. The number of methoxy groups -OCH3 is 1. The molecular formula is C28H36ClNO. The molecule has 0 radical (unpaired) electrons. The lowest BCUT2D eigenvalue weighted by Crippen LogP contribution is -2.60. The normalized spacial score (nSPS) is 33.3. The Kier molecular flexibility index (Phi) is 5.59. The summed E-state index contributed by atoms with van der Waals surface area (Å²) in [6.07, 6.45) is 9.31. The van der Waals surface area contributed by atoms with Gasteiger partial charge in [-0.25, -0.2) is 0 Å². The van der Waals surface area contributed by atoms with Crippen molar-refractivity contribution in [2.75, 3.05) is 7.11 Å². The van der Waals surface area contributed by atoms with Crippen LogP contribution in [0.3, 0.4) is 0 Å². The van der Waals surface area contributed by atoms with Crippen molar-refractivity contribution in [2.24, 2.45) is 17.3 Å². The van der Waals surface area contributed by atoms with Crippen molar-refractivity contribution in [3.8, 4) is 5.75 Å². The molecule has 4 aliphatic rings. The maximum atomic E-state index is 6.22. The van der Waals surface area contributed by atoms with Crippen molar-refractivity contribution in [1.82, 2.24) is 5.32 Å². The van der Waals surface area contributed by atoms with E-state index in [1.54, 1.807) is 7.11 Å². The fourth-order valence-electron chi connectivity index (χ4n) is 7.85. The van der Waals surface area contributed by atoms with E-state index in [0.717, 1.165) is 29.0 Å². The molecule has 166 valence electrons. The van der Waals surface area contributed by atoms with Gasteiger partial charge >= 0.3 is 0 Å². The maximum Gasteiger partial charge on any atom is 0.122 e. The van der Waals surface area contributed by atoms with Crippen LogP contribution in [0.15, 0.2) is 48.5 Å². The summed E-state index contributed by atoms with van der Waals surface area (Å²) in [5.74, 6) is 2.76. The first-order chi connectivity index (χ1) is 14.9. The largest absolute Gasteiger partial charge is 0.496 e. The summed E-state index contributed by atoms with van der Waals surface area (Å²) in [5.41, 5.74) is 3.60. The topological polar surface area (TPSA) is 21.3 Å². The number of ether oxygens (including phenoxy) is 1. The van der Waals surface area contributed by atoms with Crippen LogP contribution in [-0.2, 0) is 11.8 Å². The minimum Gasteiger partial charge on any atom is -0.496 e. The molecule has 2 nitrogen and oxygen atoms in total. The molecule has 0 saturated heterocycles. The highest BCUT2D eigenvalue weighted by Gasteiger charge is 2.59. The Bertz CT molecular complexity index is 909. The van der Waals surface area contributed by atoms with Gasteiger partial charge in [0.15, 0.2) is 0 Å². The predicted molar refractivity (Wildman–Crippen MR) is 129 cm³/mol. The number of para-hydroxylation sites is 1. The van der Waals surface area contributed by atoms with Crippen molar-refractivity contribution < 1.29 is 4.74 Å². The van der Waals surface area contributed by atoms with E-state index in [4.69, 9.17) is 16.3 Å². The van der Waals surface area contributed by atoms with Gasteiger partial charge in [0.25, 0.3) is 0 Å². The fraction of sp³-hybridized carbons (Fsp3) is 0.571. The Morgan fingerprint density at radius 2 is 1.68 bits per heavy atom. The highest BCUT2D eigenvalue weighted by molar-refractivity contribution is 6.30. The Morgan fingerprint density at radius 3 is 2.35 bits per heavy atom. The second-order valence-electron chi connectivity index (χ2n) is 10.9. The second kappa shape index (κ2) is 8.12. The van der Waals surface area contributed by atoms with Crippen molar-refractivity contribution >= 4 is 11.6 Å². The van der Waals surface area contributed by atoms with Crippen LogP contribution >= 0.6 is 11.6 Å². The first-order valence-corrected chi connectivity index (χ1v) is 12.4. The fourth-order valence-corrected chi connectivity index (χ4v) is 7.97. The number of hydrogen-bond acceptors (Lipinski definition) is 2. The van der Waals surface area contributed by atoms with Gasteiger partial charge in [0.1, 0.15) is 5.75 Å². The molecule has 2 aromatic carbocycles. The van der Waals surface area contributed by atoms with Gasteiger partial charge in [0.2, 0.25) is 0 Å². The van der Waals surface area contributed by atoms with Gasteiger partial charge in [-0.3, -0.25) is 0 Å². The Balaban J connectivity index is 1.35. The molecular weight excluding hydrogens is 402 g/mol. The van der Waals surface area contributed by atoms with Crippen LogP contribution in [0.5, 0.6) is 5.75 Å². The Morgan fingerprint density at radius 1 is 1.00 bits per heavy atom. The van der Waals surface area contributed by atoms with Gasteiger partial charge in [0.05, 0.1) is 7.11 Å². The first-order valence-electron chi connectivity index (χ1n) is 12.1. The lowest BCUT2D eigenvalue weighted by Gasteiger charge is -2.64. The van der Waals surface area contributed by atoms with Crippen LogP contribution < -0.4 is 10.1 Å². The highest BCUT2D eigenvalue weighted by atomic mass is 35.5. The van der Waals surface area contributed by atoms with Gasteiger partial charge < -0.3 is 10.1 Å². The minimum absolute atomic E-state index is 0.358.